The van der Waals surface area contributed by atoms with E-state index < -0.39 is 0 Å². The lowest BCUT2D eigenvalue weighted by atomic mass is 10.2. The highest BCUT2D eigenvalue weighted by Crippen LogP contribution is 2.38. The number of hydrogen-bond donors (Lipinski definition) is 2. The minimum absolute atomic E-state index is 0.410. The summed E-state index contributed by atoms with van der Waals surface area (Å²) in [4.78, 5) is 14.4. The average molecular weight is 510 g/mol. The zero-order chi connectivity index (χ0) is 19.7. The maximum atomic E-state index is 6.06. The maximum absolute atomic E-state index is 6.06. The summed E-state index contributed by atoms with van der Waals surface area (Å²) in [7, 11) is 0. The summed E-state index contributed by atoms with van der Waals surface area (Å²) in [6.07, 6.45) is 2.47. The normalized spacial score (nSPS) is 13.3. The molecule has 0 atom stereocenters. The third-order valence-corrected chi connectivity index (χ3v) is 6.85. The van der Waals surface area contributed by atoms with Crippen LogP contribution >= 0.6 is 34.4 Å². The summed E-state index contributed by atoms with van der Waals surface area (Å²) >= 11 is 4.00. The lowest BCUT2D eigenvalue weighted by molar-refractivity contribution is 0.356. The smallest absolute Gasteiger partial charge is 0.175 e. The number of aromatic nitrogens is 4. The first-order valence-corrected chi connectivity index (χ1v) is 11.2. The molecule has 0 aliphatic carbocycles. The Morgan fingerprint density at radius 3 is 3.04 bits per heavy atom. The largest absolute Gasteiger partial charge is 0.493 e. The van der Waals surface area contributed by atoms with E-state index in [2.05, 4.69) is 68.4 Å². The van der Waals surface area contributed by atoms with Crippen LogP contribution in [-0.4, -0.2) is 39.2 Å². The number of rotatable bonds is 7. The molecule has 1 aliphatic rings. The van der Waals surface area contributed by atoms with Crippen molar-refractivity contribution in [1.29, 1.82) is 0 Å². The highest BCUT2D eigenvalue weighted by Gasteiger charge is 2.20. The Bertz CT molecular complexity index is 1010. The van der Waals surface area contributed by atoms with Crippen molar-refractivity contribution in [3.05, 3.63) is 27.6 Å². The SMILES string of the molecule is CC(C)CNCCn1c(Sc2cc3c(cc2I)CCO3)nc2c(N)ncnc21. The van der Waals surface area contributed by atoms with E-state index in [0.29, 0.717) is 17.3 Å². The van der Waals surface area contributed by atoms with Crippen LogP contribution in [0.3, 0.4) is 0 Å². The second-order valence-electron chi connectivity index (χ2n) is 7.17. The van der Waals surface area contributed by atoms with Crippen LogP contribution < -0.4 is 15.8 Å². The van der Waals surface area contributed by atoms with Crippen molar-refractivity contribution in [2.24, 2.45) is 5.92 Å². The molecule has 0 spiro atoms. The highest BCUT2D eigenvalue weighted by molar-refractivity contribution is 14.1. The molecule has 0 bridgehead atoms. The zero-order valence-electron chi connectivity index (χ0n) is 15.9. The Balaban J connectivity index is 1.66. The van der Waals surface area contributed by atoms with Crippen LogP contribution in [0.1, 0.15) is 19.4 Å². The Morgan fingerprint density at radius 2 is 2.21 bits per heavy atom. The quantitative estimate of drug-likeness (QED) is 0.372. The summed E-state index contributed by atoms with van der Waals surface area (Å²) < 4.78 is 9.06. The van der Waals surface area contributed by atoms with Crippen molar-refractivity contribution in [2.45, 2.75) is 36.9 Å². The molecular formula is C19H23IN6OS. The van der Waals surface area contributed by atoms with Crippen LogP contribution in [0.2, 0.25) is 0 Å². The first kappa shape index (κ1) is 19.7. The molecule has 0 saturated heterocycles. The number of nitrogens with two attached hydrogens (primary N) is 1. The van der Waals surface area contributed by atoms with E-state index in [1.807, 2.05) is 0 Å². The van der Waals surface area contributed by atoms with E-state index in [9.17, 15) is 0 Å². The minimum atomic E-state index is 0.410. The fourth-order valence-corrected chi connectivity index (χ4v) is 4.95. The molecule has 0 saturated carbocycles. The predicted molar refractivity (Wildman–Crippen MR) is 120 cm³/mol. The number of nitrogens with zero attached hydrogens (tertiary/aromatic N) is 4. The third kappa shape index (κ3) is 4.06. The van der Waals surface area contributed by atoms with Gasteiger partial charge in [0.25, 0.3) is 0 Å². The molecule has 1 aromatic carbocycles. The van der Waals surface area contributed by atoms with Gasteiger partial charge in [0, 0.05) is 28.0 Å². The topological polar surface area (TPSA) is 90.9 Å². The lowest BCUT2D eigenvalue weighted by Gasteiger charge is -2.12. The van der Waals surface area contributed by atoms with Crippen molar-refractivity contribution in [2.75, 3.05) is 25.4 Å². The molecular weight excluding hydrogens is 487 g/mol. The Kier molecular flexibility index (Phi) is 5.93. The van der Waals surface area contributed by atoms with Crippen LogP contribution in [0.25, 0.3) is 11.2 Å². The molecule has 9 heteroatoms. The van der Waals surface area contributed by atoms with Crippen LogP contribution in [0.4, 0.5) is 5.82 Å². The van der Waals surface area contributed by atoms with Gasteiger partial charge in [0.05, 0.1) is 6.61 Å². The number of nitrogens with one attached hydrogen (secondary N) is 1. The molecule has 4 rings (SSSR count). The van der Waals surface area contributed by atoms with E-state index >= 15 is 0 Å². The van der Waals surface area contributed by atoms with Gasteiger partial charge in [-0.3, -0.25) is 0 Å². The molecule has 3 aromatic rings. The fourth-order valence-electron chi connectivity index (χ4n) is 3.15. The standard InChI is InChI=1S/C19H23IN6OS/c1-11(2)9-22-4-5-26-18-16(17(21)23-10-24-18)25-19(26)28-15-8-14-12(3-6-27-14)7-13(15)20/h7-8,10-11,22H,3-6,9H2,1-2H3,(H2,21,23,24). The van der Waals surface area contributed by atoms with Gasteiger partial charge in [-0.1, -0.05) is 25.6 Å². The van der Waals surface area contributed by atoms with Gasteiger partial charge < -0.3 is 20.4 Å². The van der Waals surface area contributed by atoms with Gasteiger partial charge >= 0.3 is 0 Å². The molecule has 0 unspecified atom stereocenters. The summed E-state index contributed by atoms with van der Waals surface area (Å²) in [5, 5.41) is 4.35. The number of benzene rings is 1. The van der Waals surface area contributed by atoms with Gasteiger partial charge in [-0.15, -0.1) is 0 Å². The molecule has 2 aromatic heterocycles. The first-order chi connectivity index (χ1) is 13.5. The van der Waals surface area contributed by atoms with E-state index in [0.717, 1.165) is 54.1 Å². The van der Waals surface area contributed by atoms with E-state index in [4.69, 9.17) is 15.5 Å². The number of imidazole rings is 1. The Labute approximate surface area is 182 Å². The first-order valence-electron chi connectivity index (χ1n) is 9.33. The zero-order valence-corrected chi connectivity index (χ0v) is 18.9. The molecule has 7 nitrogen and oxygen atoms in total. The Morgan fingerprint density at radius 1 is 1.36 bits per heavy atom. The number of halogens is 1. The van der Waals surface area contributed by atoms with Gasteiger partial charge in [-0.05, 0) is 52.7 Å². The van der Waals surface area contributed by atoms with Crippen LogP contribution in [0.5, 0.6) is 5.75 Å². The van der Waals surface area contributed by atoms with Crippen molar-refractivity contribution < 1.29 is 4.74 Å². The summed E-state index contributed by atoms with van der Waals surface area (Å²) in [6, 6.07) is 4.32. The molecule has 3 N–H and O–H groups in total. The van der Waals surface area contributed by atoms with Gasteiger partial charge in [0.1, 0.15) is 12.1 Å². The van der Waals surface area contributed by atoms with E-state index in [-0.39, 0.29) is 0 Å². The maximum Gasteiger partial charge on any atom is 0.175 e. The molecule has 1 aliphatic heterocycles. The number of fused-ring (bicyclic) bond motifs is 2. The fraction of sp³-hybridized carbons (Fsp3) is 0.421. The minimum Gasteiger partial charge on any atom is -0.493 e. The van der Waals surface area contributed by atoms with E-state index in [1.54, 1.807) is 11.8 Å². The monoisotopic (exact) mass is 510 g/mol. The van der Waals surface area contributed by atoms with Crippen molar-refractivity contribution in [1.82, 2.24) is 24.8 Å². The number of nitrogen functional groups attached to an aromatic ring is 1. The van der Waals surface area contributed by atoms with Crippen LogP contribution in [-0.2, 0) is 13.0 Å². The molecule has 28 heavy (non-hydrogen) atoms. The third-order valence-electron chi connectivity index (χ3n) is 4.54. The molecule has 0 fully saturated rings. The summed E-state index contributed by atoms with van der Waals surface area (Å²) in [6.45, 7) is 7.74. The van der Waals surface area contributed by atoms with Crippen molar-refractivity contribution >= 4 is 51.3 Å². The van der Waals surface area contributed by atoms with Crippen molar-refractivity contribution in [3.63, 3.8) is 0 Å². The van der Waals surface area contributed by atoms with Gasteiger partial charge in [0.2, 0.25) is 0 Å². The highest BCUT2D eigenvalue weighted by atomic mass is 127. The van der Waals surface area contributed by atoms with Crippen LogP contribution in [0, 0.1) is 9.49 Å². The molecule has 0 amide bonds. The average Bonchev–Trinajstić information content (AvgIpc) is 3.24. The van der Waals surface area contributed by atoms with Crippen molar-refractivity contribution in [3.8, 4) is 5.75 Å². The molecule has 3 heterocycles. The van der Waals surface area contributed by atoms with Gasteiger partial charge in [0.15, 0.2) is 22.1 Å². The number of ether oxygens (including phenoxy) is 1. The second kappa shape index (κ2) is 8.42. The van der Waals surface area contributed by atoms with Crippen LogP contribution in [0.15, 0.2) is 28.5 Å². The van der Waals surface area contributed by atoms with E-state index in [1.165, 1.54) is 15.5 Å². The predicted octanol–water partition coefficient (Wildman–Crippen LogP) is 3.34. The summed E-state index contributed by atoms with van der Waals surface area (Å²) in [5.41, 5.74) is 8.76. The summed E-state index contributed by atoms with van der Waals surface area (Å²) in [5.74, 6) is 2.00. The molecule has 0 radical (unpaired) electrons. The number of anilines is 1. The second-order valence-corrected chi connectivity index (χ2v) is 9.34. The lowest BCUT2D eigenvalue weighted by Crippen LogP contribution is -2.24. The van der Waals surface area contributed by atoms with Gasteiger partial charge in [-0.2, -0.15) is 0 Å². The van der Waals surface area contributed by atoms with Gasteiger partial charge in [-0.25, -0.2) is 15.0 Å². The number of hydrogen-bond acceptors (Lipinski definition) is 7. The Hall–Kier alpha value is -1.59. The molecule has 148 valence electrons.